The van der Waals surface area contributed by atoms with Gasteiger partial charge in [-0.1, -0.05) is 18.2 Å². The Kier molecular flexibility index (Phi) is 3.91. The molecular formula is C14H13NO3. The first-order valence-electron chi connectivity index (χ1n) is 5.56. The number of nitrogens with zero attached hydrogens (tertiary/aromatic N) is 1. The third kappa shape index (κ3) is 3.59. The Morgan fingerprint density at radius 2 is 1.94 bits per heavy atom. The van der Waals surface area contributed by atoms with Crippen molar-refractivity contribution < 1.29 is 14.6 Å². The zero-order chi connectivity index (χ0) is 12.8. The predicted molar refractivity (Wildman–Crippen MR) is 66.4 cm³/mol. The van der Waals surface area contributed by atoms with Crippen molar-refractivity contribution in [1.29, 1.82) is 0 Å². The van der Waals surface area contributed by atoms with Crippen LogP contribution < -0.4 is 4.74 Å². The van der Waals surface area contributed by atoms with E-state index in [4.69, 9.17) is 9.84 Å². The summed E-state index contributed by atoms with van der Waals surface area (Å²) in [6, 6.07) is 10.9. The van der Waals surface area contributed by atoms with E-state index >= 15 is 0 Å². The second-order valence-electron chi connectivity index (χ2n) is 3.86. The Bertz CT molecular complexity index is 508. The third-order valence-corrected chi connectivity index (χ3v) is 2.41. The molecule has 0 spiro atoms. The number of carboxylic acid groups (broad SMARTS) is 1. The average molecular weight is 243 g/mol. The highest BCUT2D eigenvalue weighted by atomic mass is 16.5. The van der Waals surface area contributed by atoms with Crippen molar-refractivity contribution in [3.63, 3.8) is 0 Å². The first-order chi connectivity index (χ1) is 8.74. The number of ether oxygens (including phenoxy) is 1. The molecule has 2 rings (SSSR count). The van der Waals surface area contributed by atoms with Gasteiger partial charge in [0.25, 0.3) is 0 Å². The van der Waals surface area contributed by atoms with Crippen LogP contribution in [0.1, 0.15) is 11.1 Å². The first kappa shape index (κ1) is 12.1. The van der Waals surface area contributed by atoms with Crippen molar-refractivity contribution in [2.45, 2.75) is 13.0 Å². The lowest BCUT2D eigenvalue weighted by molar-refractivity contribution is -0.136. The van der Waals surface area contributed by atoms with E-state index in [1.54, 1.807) is 36.7 Å². The lowest BCUT2D eigenvalue weighted by atomic mass is 10.1. The quantitative estimate of drug-likeness (QED) is 0.875. The summed E-state index contributed by atoms with van der Waals surface area (Å²) in [6.07, 6.45) is 3.49. The predicted octanol–water partition coefficient (Wildman–Crippen LogP) is 2.29. The van der Waals surface area contributed by atoms with E-state index in [0.717, 1.165) is 11.1 Å². The molecule has 0 saturated carbocycles. The van der Waals surface area contributed by atoms with E-state index < -0.39 is 5.97 Å². The van der Waals surface area contributed by atoms with Crippen LogP contribution in [0.4, 0.5) is 0 Å². The maximum atomic E-state index is 10.5. The number of carbonyl (C=O) groups is 1. The molecule has 18 heavy (non-hydrogen) atoms. The molecule has 0 amide bonds. The summed E-state index contributed by atoms with van der Waals surface area (Å²) in [5.74, 6) is -0.118. The maximum absolute atomic E-state index is 10.5. The largest absolute Gasteiger partial charge is 0.489 e. The molecule has 1 N–H and O–H groups in total. The topological polar surface area (TPSA) is 59.4 Å². The smallest absolute Gasteiger partial charge is 0.307 e. The minimum atomic E-state index is -0.834. The molecule has 0 aliphatic heterocycles. The molecule has 0 atom stereocenters. The molecule has 1 heterocycles. The van der Waals surface area contributed by atoms with E-state index in [2.05, 4.69) is 4.98 Å². The van der Waals surface area contributed by atoms with E-state index in [1.807, 2.05) is 12.1 Å². The molecule has 92 valence electrons. The van der Waals surface area contributed by atoms with Crippen LogP contribution in [-0.4, -0.2) is 16.1 Å². The van der Waals surface area contributed by atoms with Gasteiger partial charge in [-0.2, -0.15) is 0 Å². The number of aliphatic carboxylic acids is 1. The lowest BCUT2D eigenvalue weighted by Gasteiger charge is -2.06. The van der Waals surface area contributed by atoms with Crippen LogP contribution in [0, 0.1) is 0 Å². The van der Waals surface area contributed by atoms with E-state index in [-0.39, 0.29) is 6.42 Å². The maximum Gasteiger partial charge on any atom is 0.307 e. The second kappa shape index (κ2) is 5.82. The number of carboxylic acids is 1. The van der Waals surface area contributed by atoms with Crippen LogP contribution in [0.3, 0.4) is 0 Å². The Labute approximate surface area is 105 Å². The average Bonchev–Trinajstić information content (AvgIpc) is 2.38. The SMILES string of the molecule is O=C(O)Cc1ccc(OCc2cccnc2)cc1. The van der Waals surface area contributed by atoms with Crippen molar-refractivity contribution in [3.8, 4) is 5.75 Å². The van der Waals surface area contributed by atoms with E-state index in [1.165, 1.54) is 0 Å². The Hall–Kier alpha value is -2.36. The summed E-state index contributed by atoms with van der Waals surface area (Å²) in [5.41, 5.74) is 1.75. The summed E-state index contributed by atoms with van der Waals surface area (Å²) in [7, 11) is 0. The standard InChI is InChI=1S/C14H13NO3/c16-14(17)8-11-3-5-13(6-4-11)18-10-12-2-1-7-15-9-12/h1-7,9H,8,10H2,(H,16,17). The summed E-state index contributed by atoms with van der Waals surface area (Å²) >= 11 is 0. The number of pyridine rings is 1. The van der Waals surface area contributed by atoms with Gasteiger partial charge in [-0.05, 0) is 23.8 Å². The zero-order valence-corrected chi connectivity index (χ0v) is 9.74. The summed E-state index contributed by atoms with van der Waals surface area (Å²) < 4.78 is 5.56. The summed E-state index contributed by atoms with van der Waals surface area (Å²) in [6.45, 7) is 0.451. The van der Waals surface area contributed by atoms with E-state index in [9.17, 15) is 4.79 Å². The highest BCUT2D eigenvalue weighted by Crippen LogP contribution is 2.14. The van der Waals surface area contributed by atoms with E-state index in [0.29, 0.717) is 12.4 Å². The van der Waals surface area contributed by atoms with Crippen molar-refractivity contribution in [2.24, 2.45) is 0 Å². The zero-order valence-electron chi connectivity index (χ0n) is 9.74. The fourth-order valence-electron chi connectivity index (χ4n) is 1.53. The molecule has 0 aliphatic rings. The number of hydrogen-bond acceptors (Lipinski definition) is 3. The van der Waals surface area contributed by atoms with Gasteiger partial charge < -0.3 is 9.84 Å². The van der Waals surface area contributed by atoms with Crippen molar-refractivity contribution >= 4 is 5.97 Å². The normalized spacial score (nSPS) is 10.0. The molecule has 1 aromatic carbocycles. The Morgan fingerprint density at radius 3 is 2.56 bits per heavy atom. The number of hydrogen-bond donors (Lipinski definition) is 1. The molecule has 0 saturated heterocycles. The summed E-state index contributed by atoms with van der Waals surface area (Å²) in [5, 5.41) is 8.65. The highest BCUT2D eigenvalue weighted by Gasteiger charge is 2.01. The van der Waals surface area contributed by atoms with Gasteiger partial charge in [0.05, 0.1) is 6.42 Å². The van der Waals surface area contributed by atoms with Gasteiger partial charge in [-0.15, -0.1) is 0 Å². The van der Waals surface area contributed by atoms with Gasteiger partial charge in [-0.3, -0.25) is 9.78 Å². The number of aromatic nitrogens is 1. The minimum Gasteiger partial charge on any atom is -0.489 e. The first-order valence-corrected chi connectivity index (χ1v) is 5.56. The number of benzene rings is 1. The van der Waals surface area contributed by atoms with Crippen LogP contribution in [-0.2, 0) is 17.8 Å². The van der Waals surface area contributed by atoms with Crippen LogP contribution >= 0.6 is 0 Å². The molecule has 0 unspecified atom stereocenters. The lowest BCUT2D eigenvalue weighted by Crippen LogP contribution is -2.00. The van der Waals surface area contributed by atoms with Crippen molar-refractivity contribution in [1.82, 2.24) is 4.98 Å². The summed E-state index contributed by atoms with van der Waals surface area (Å²) in [4.78, 5) is 14.5. The van der Waals surface area contributed by atoms with Gasteiger partial charge in [0.15, 0.2) is 0 Å². The fourth-order valence-corrected chi connectivity index (χ4v) is 1.53. The molecule has 0 radical (unpaired) electrons. The molecule has 4 heteroatoms. The second-order valence-corrected chi connectivity index (χ2v) is 3.86. The van der Waals surface area contributed by atoms with Gasteiger partial charge in [0, 0.05) is 18.0 Å². The molecule has 0 bridgehead atoms. The van der Waals surface area contributed by atoms with Crippen LogP contribution in [0.25, 0.3) is 0 Å². The minimum absolute atomic E-state index is 0.0306. The van der Waals surface area contributed by atoms with Crippen LogP contribution in [0.5, 0.6) is 5.75 Å². The van der Waals surface area contributed by atoms with Gasteiger partial charge in [0.1, 0.15) is 12.4 Å². The molecule has 0 fully saturated rings. The molecular weight excluding hydrogens is 230 g/mol. The highest BCUT2D eigenvalue weighted by molar-refractivity contribution is 5.70. The Morgan fingerprint density at radius 1 is 1.17 bits per heavy atom. The molecule has 1 aromatic heterocycles. The van der Waals surface area contributed by atoms with Gasteiger partial charge >= 0.3 is 5.97 Å². The van der Waals surface area contributed by atoms with Crippen LogP contribution in [0.2, 0.25) is 0 Å². The van der Waals surface area contributed by atoms with Crippen molar-refractivity contribution in [3.05, 3.63) is 59.9 Å². The monoisotopic (exact) mass is 243 g/mol. The van der Waals surface area contributed by atoms with Gasteiger partial charge in [-0.25, -0.2) is 0 Å². The molecule has 2 aromatic rings. The third-order valence-electron chi connectivity index (χ3n) is 2.41. The van der Waals surface area contributed by atoms with Gasteiger partial charge in [0.2, 0.25) is 0 Å². The van der Waals surface area contributed by atoms with Crippen LogP contribution in [0.15, 0.2) is 48.8 Å². The molecule has 4 nitrogen and oxygen atoms in total. The Balaban J connectivity index is 1.92. The molecule has 0 aliphatic carbocycles. The number of rotatable bonds is 5. The van der Waals surface area contributed by atoms with Crippen molar-refractivity contribution in [2.75, 3.05) is 0 Å². The fraction of sp³-hybridized carbons (Fsp3) is 0.143.